The molecule has 0 aliphatic heterocycles. The third kappa shape index (κ3) is 7.30. The van der Waals surface area contributed by atoms with E-state index in [2.05, 4.69) is 171 Å². The summed E-state index contributed by atoms with van der Waals surface area (Å²) in [5.74, 6) is 0. The summed E-state index contributed by atoms with van der Waals surface area (Å²) in [5, 5.41) is 20.0. The summed E-state index contributed by atoms with van der Waals surface area (Å²) in [6.45, 7) is 0. The minimum atomic E-state index is 0.900. The molecule has 0 atom stereocenters. The summed E-state index contributed by atoms with van der Waals surface area (Å²) in [5.41, 5.74) is 19.2. The number of aromatic nitrogens is 1. The van der Waals surface area contributed by atoms with Crippen LogP contribution < -0.4 is 31.9 Å². The van der Waals surface area contributed by atoms with E-state index in [0.717, 1.165) is 101 Å². The first-order valence-corrected chi connectivity index (χ1v) is 18.3. The Morgan fingerprint density at radius 1 is 0.296 bits per heavy atom. The average Bonchev–Trinajstić information content (AvgIpc) is 3.25. The quantitative estimate of drug-likeness (QED) is 0.0753. The number of pyridine rings is 1. The van der Waals surface area contributed by atoms with Crippen LogP contribution in [0.4, 0.5) is 34.1 Å². The van der Waals surface area contributed by atoms with Gasteiger partial charge in [-0.2, -0.15) is 0 Å². The van der Waals surface area contributed by atoms with E-state index in [1.54, 1.807) is 0 Å². The second kappa shape index (κ2) is 15.9. The van der Waals surface area contributed by atoms with Crippen LogP contribution in [0.3, 0.4) is 0 Å². The van der Waals surface area contributed by atoms with E-state index in [1.807, 2.05) is 42.3 Å². The van der Waals surface area contributed by atoms with E-state index in [9.17, 15) is 0 Å². The molecule has 1 aromatic heterocycles. The Bertz CT molecular complexity index is 2150. The highest BCUT2D eigenvalue weighted by atomic mass is 14.9. The Morgan fingerprint density at radius 2 is 0.630 bits per heavy atom. The van der Waals surface area contributed by atoms with Gasteiger partial charge in [-0.25, -0.2) is 4.98 Å². The average molecular weight is 710 g/mol. The molecule has 0 radical (unpaired) electrons. The van der Waals surface area contributed by atoms with Crippen molar-refractivity contribution in [1.82, 2.24) is 4.98 Å². The number of anilines is 6. The van der Waals surface area contributed by atoms with Crippen LogP contribution in [0.15, 0.2) is 140 Å². The monoisotopic (exact) mass is 709 g/mol. The van der Waals surface area contributed by atoms with Crippen molar-refractivity contribution in [2.75, 3.05) is 74.2 Å². The summed E-state index contributed by atoms with van der Waals surface area (Å²) >= 11 is 0. The maximum atomic E-state index is 5.38. The van der Waals surface area contributed by atoms with Gasteiger partial charge in [0, 0.05) is 104 Å². The van der Waals surface area contributed by atoms with Crippen molar-refractivity contribution < 1.29 is 0 Å². The van der Waals surface area contributed by atoms with Crippen LogP contribution in [0.1, 0.15) is 0 Å². The third-order valence-corrected chi connectivity index (χ3v) is 10.0. The van der Waals surface area contributed by atoms with Crippen molar-refractivity contribution >= 4 is 34.1 Å². The third-order valence-electron chi connectivity index (χ3n) is 10.0. The zero-order chi connectivity index (χ0) is 37.6. The number of hydrogen-bond acceptors (Lipinski definition) is 7. The lowest BCUT2D eigenvalue weighted by atomic mass is 9.94. The molecule has 0 amide bonds. The zero-order valence-electron chi connectivity index (χ0n) is 31.7. The van der Waals surface area contributed by atoms with Gasteiger partial charge in [-0.3, -0.25) is 0 Å². The summed E-state index contributed by atoms with van der Waals surface area (Å²) < 4.78 is 0. The standard InChI is InChI=1S/C47H47N7/c1-48-37-16-19-43(51-4)40(27-37)31-11-7-10-30(22-31)36-25-46(34-14-8-12-32(23-34)41-28-38(49-2)17-20-44(41)52-5)54-47(26-36)35-15-9-13-33(24-35)42-29-39(50-3)18-21-45(42)53-6/h7-29,48-53H,1-6H3. The lowest BCUT2D eigenvalue weighted by Gasteiger charge is -2.16. The van der Waals surface area contributed by atoms with Crippen molar-refractivity contribution in [2.24, 2.45) is 0 Å². The van der Waals surface area contributed by atoms with Crippen molar-refractivity contribution in [3.63, 3.8) is 0 Å². The molecular formula is C47H47N7. The normalized spacial score (nSPS) is 10.8. The fourth-order valence-electron chi connectivity index (χ4n) is 7.02. The lowest BCUT2D eigenvalue weighted by molar-refractivity contribution is 1.32. The van der Waals surface area contributed by atoms with Crippen LogP contribution >= 0.6 is 0 Å². The fourth-order valence-corrected chi connectivity index (χ4v) is 7.02. The Kier molecular flexibility index (Phi) is 10.5. The van der Waals surface area contributed by atoms with Crippen molar-refractivity contribution in [1.29, 1.82) is 0 Å². The van der Waals surface area contributed by atoms with Gasteiger partial charge in [0.25, 0.3) is 0 Å². The molecule has 270 valence electrons. The smallest absolute Gasteiger partial charge is 0.0715 e. The van der Waals surface area contributed by atoms with Crippen molar-refractivity contribution in [3.05, 3.63) is 140 Å². The van der Waals surface area contributed by atoms with E-state index >= 15 is 0 Å². The fraction of sp³-hybridized carbons (Fsp3) is 0.128. The number of benzene rings is 6. The van der Waals surface area contributed by atoms with Gasteiger partial charge in [0.2, 0.25) is 0 Å². The topological polar surface area (TPSA) is 85.1 Å². The van der Waals surface area contributed by atoms with Gasteiger partial charge in [0.05, 0.1) is 11.4 Å². The summed E-state index contributed by atoms with van der Waals surface area (Å²) in [7, 11) is 11.7. The first-order chi connectivity index (χ1) is 26.4. The van der Waals surface area contributed by atoms with Crippen molar-refractivity contribution in [2.45, 2.75) is 0 Å². The van der Waals surface area contributed by atoms with Gasteiger partial charge in [-0.1, -0.05) is 54.6 Å². The molecule has 0 aliphatic rings. The lowest BCUT2D eigenvalue weighted by Crippen LogP contribution is -1.96. The molecule has 0 unspecified atom stereocenters. The van der Waals surface area contributed by atoms with Gasteiger partial charge in [-0.05, 0) is 113 Å². The van der Waals surface area contributed by atoms with Crippen LogP contribution in [0, 0.1) is 0 Å². The summed E-state index contributed by atoms with van der Waals surface area (Å²) in [4.78, 5) is 5.38. The molecule has 0 spiro atoms. The van der Waals surface area contributed by atoms with Gasteiger partial charge in [0.15, 0.2) is 0 Å². The van der Waals surface area contributed by atoms with Crippen molar-refractivity contribution in [3.8, 4) is 67.0 Å². The molecule has 0 fully saturated rings. The summed E-state index contributed by atoms with van der Waals surface area (Å²) in [6.07, 6.45) is 0. The highest BCUT2D eigenvalue weighted by molar-refractivity contribution is 5.88. The first kappa shape index (κ1) is 35.7. The largest absolute Gasteiger partial charge is 0.388 e. The van der Waals surface area contributed by atoms with E-state index in [0.29, 0.717) is 0 Å². The molecule has 1 heterocycles. The molecule has 54 heavy (non-hydrogen) atoms. The molecule has 6 aromatic carbocycles. The van der Waals surface area contributed by atoms with Gasteiger partial charge in [-0.15, -0.1) is 0 Å². The van der Waals surface area contributed by atoms with E-state index in [4.69, 9.17) is 4.98 Å². The first-order valence-electron chi connectivity index (χ1n) is 18.3. The Labute approximate surface area is 318 Å². The van der Waals surface area contributed by atoms with Gasteiger partial charge >= 0.3 is 0 Å². The van der Waals surface area contributed by atoms with Gasteiger partial charge in [0.1, 0.15) is 0 Å². The molecule has 0 saturated heterocycles. The molecule has 6 N–H and O–H groups in total. The molecule has 7 heteroatoms. The second-order valence-corrected chi connectivity index (χ2v) is 13.1. The molecule has 0 bridgehead atoms. The molecular weight excluding hydrogens is 663 g/mol. The maximum Gasteiger partial charge on any atom is 0.0715 e. The number of nitrogens with zero attached hydrogens (tertiary/aromatic N) is 1. The molecule has 0 aliphatic carbocycles. The molecule has 0 saturated carbocycles. The molecule has 7 rings (SSSR count). The highest BCUT2D eigenvalue weighted by Gasteiger charge is 2.15. The highest BCUT2D eigenvalue weighted by Crippen LogP contribution is 2.39. The number of nitrogens with one attached hydrogen (secondary N) is 6. The van der Waals surface area contributed by atoms with E-state index in [1.165, 1.54) is 0 Å². The van der Waals surface area contributed by atoms with E-state index in [-0.39, 0.29) is 0 Å². The number of hydrogen-bond donors (Lipinski definition) is 6. The summed E-state index contributed by atoms with van der Waals surface area (Å²) in [6, 6.07) is 49.7. The Hall–Kier alpha value is -6.73. The Balaban J connectivity index is 1.41. The van der Waals surface area contributed by atoms with Gasteiger partial charge < -0.3 is 31.9 Å². The van der Waals surface area contributed by atoms with Crippen LogP contribution in [0.2, 0.25) is 0 Å². The van der Waals surface area contributed by atoms with Crippen LogP contribution in [-0.4, -0.2) is 47.3 Å². The van der Waals surface area contributed by atoms with Crippen LogP contribution in [0.5, 0.6) is 0 Å². The number of rotatable bonds is 12. The minimum absolute atomic E-state index is 0.900. The predicted molar refractivity (Wildman–Crippen MR) is 234 cm³/mol. The van der Waals surface area contributed by atoms with E-state index < -0.39 is 0 Å². The second-order valence-electron chi connectivity index (χ2n) is 13.1. The maximum absolute atomic E-state index is 5.38. The van der Waals surface area contributed by atoms with Crippen LogP contribution in [0.25, 0.3) is 67.0 Å². The zero-order valence-corrected chi connectivity index (χ0v) is 31.7. The molecule has 7 nitrogen and oxygen atoms in total. The predicted octanol–water partition coefficient (Wildman–Crippen LogP) is 11.3. The SMILES string of the molecule is CNc1ccc(NC)c(-c2cccc(-c3cc(-c4cccc(-c5cc(NC)ccc5NC)c4)nc(-c4cccc(-c5cc(NC)ccc5NC)c4)c3)c2)c1. The molecule has 7 aromatic rings. The Morgan fingerprint density at radius 3 is 0.981 bits per heavy atom. The van der Waals surface area contributed by atoms with Crippen LogP contribution in [-0.2, 0) is 0 Å². The minimum Gasteiger partial charge on any atom is -0.388 e.